The van der Waals surface area contributed by atoms with Crippen LogP contribution in [-0.4, -0.2) is 16.7 Å². The van der Waals surface area contributed by atoms with Crippen molar-refractivity contribution >= 4 is 50.0 Å². The summed E-state index contributed by atoms with van der Waals surface area (Å²) in [5, 5.41) is 12.5. The highest BCUT2D eigenvalue weighted by molar-refractivity contribution is 9.10. The van der Waals surface area contributed by atoms with Gasteiger partial charge in [-0.3, -0.25) is 4.79 Å². The molecular weight excluding hydrogens is 374 g/mol. The van der Waals surface area contributed by atoms with Gasteiger partial charge in [-0.1, -0.05) is 22.0 Å². The Morgan fingerprint density at radius 1 is 1.30 bits per heavy atom. The van der Waals surface area contributed by atoms with E-state index in [2.05, 4.69) is 26.2 Å². The van der Waals surface area contributed by atoms with Crippen molar-refractivity contribution in [3.8, 4) is 6.07 Å². The monoisotopic (exact) mass is 385 g/mol. The van der Waals surface area contributed by atoms with Crippen LogP contribution in [0, 0.1) is 11.3 Å². The number of rotatable bonds is 3. The quantitative estimate of drug-likeness (QED) is 0.857. The number of hydrogen-bond donors (Lipinski definition) is 1. The van der Waals surface area contributed by atoms with E-state index in [-0.39, 0.29) is 5.91 Å². The van der Waals surface area contributed by atoms with Gasteiger partial charge in [0.2, 0.25) is 5.91 Å². The lowest BCUT2D eigenvalue weighted by molar-refractivity contribution is -0.113. The standard InChI is InChI=1S/C17H12BrN3OS/c18-13-4-3-12-7-17(21-15(12)8-13)23-10-16(22)20-14-5-1-11(9-19)2-6-14/h1-6,8H,7,10H2,(H,20,22). The number of hydrogen-bond acceptors (Lipinski definition) is 4. The first-order valence-electron chi connectivity index (χ1n) is 6.93. The minimum absolute atomic E-state index is 0.0838. The van der Waals surface area contributed by atoms with Crippen molar-refractivity contribution in [2.24, 2.45) is 4.99 Å². The van der Waals surface area contributed by atoms with E-state index in [0.29, 0.717) is 17.0 Å². The summed E-state index contributed by atoms with van der Waals surface area (Å²) in [6.45, 7) is 0. The van der Waals surface area contributed by atoms with E-state index in [1.807, 2.05) is 24.3 Å². The van der Waals surface area contributed by atoms with Crippen LogP contribution < -0.4 is 5.32 Å². The van der Waals surface area contributed by atoms with Crippen molar-refractivity contribution < 1.29 is 4.79 Å². The zero-order valence-electron chi connectivity index (χ0n) is 12.0. The molecule has 1 N–H and O–H groups in total. The maximum absolute atomic E-state index is 12.0. The Hall–Kier alpha value is -2.10. The molecule has 114 valence electrons. The van der Waals surface area contributed by atoms with Crippen LogP contribution in [0.5, 0.6) is 0 Å². The fourth-order valence-electron chi connectivity index (χ4n) is 2.18. The normalized spacial score (nSPS) is 12.3. The van der Waals surface area contributed by atoms with Crippen LogP contribution in [0.15, 0.2) is 51.9 Å². The van der Waals surface area contributed by atoms with Gasteiger partial charge in [-0.15, -0.1) is 11.8 Å². The third-order valence-corrected chi connectivity index (χ3v) is 4.77. The van der Waals surface area contributed by atoms with Gasteiger partial charge in [0, 0.05) is 16.6 Å². The molecule has 0 aliphatic carbocycles. The first-order chi connectivity index (χ1) is 11.1. The van der Waals surface area contributed by atoms with E-state index in [1.165, 1.54) is 17.3 Å². The fourth-order valence-corrected chi connectivity index (χ4v) is 3.32. The number of nitrogens with zero attached hydrogens (tertiary/aromatic N) is 2. The summed E-state index contributed by atoms with van der Waals surface area (Å²) in [4.78, 5) is 16.5. The molecule has 0 saturated carbocycles. The summed E-state index contributed by atoms with van der Waals surface area (Å²) in [6, 6.07) is 14.9. The number of carbonyl (C=O) groups excluding carboxylic acids is 1. The lowest BCUT2D eigenvalue weighted by Gasteiger charge is -2.05. The minimum atomic E-state index is -0.0838. The van der Waals surface area contributed by atoms with Crippen molar-refractivity contribution in [3.63, 3.8) is 0 Å². The summed E-state index contributed by atoms with van der Waals surface area (Å²) in [5.74, 6) is 0.230. The van der Waals surface area contributed by atoms with Gasteiger partial charge in [0.15, 0.2) is 0 Å². The highest BCUT2D eigenvalue weighted by Gasteiger charge is 2.16. The number of halogens is 1. The Bertz CT molecular complexity index is 825. The van der Waals surface area contributed by atoms with Crippen LogP contribution >= 0.6 is 27.7 Å². The molecule has 1 aliphatic heterocycles. The van der Waals surface area contributed by atoms with Crippen LogP contribution in [0.4, 0.5) is 11.4 Å². The molecule has 1 amide bonds. The highest BCUT2D eigenvalue weighted by Crippen LogP contribution is 2.32. The molecule has 2 aromatic rings. The molecule has 0 unspecified atom stereocenters. The predicted octanol–water partition coefficient (Wildman–Crippen LogP) is 4.28. The van der Waals surface area contributed by atoms with Crippen LogP contribution in [0.25, 0.3) is 0 Å². The number of benzene rings is 2. The summed E-state index contributed by atoms with van der Waals surface area (Å²) in [5.41, 5.74) is 3.41. The third kappa shape index (κ3) is 4.01. The molecule has 4 nitrogen and oxygen atoms in total. The molecule has 23 heavy (non-hydrogen) atoms. The Balaban J connectivity index is 1.54. The average molecular weight is 386 g/mol. The summed E-state index contributed by atoms with van der Waals surface area (Å²) < 4.78 is 1.00. The fraction of sp³-hybridized carbons (Fsp3) is 0.118. The Kier molecular flexibility index (Phi) is 4.79. The maximum atomic E-state index is 12.0. The maximum Gasteiger partial charge on any atom is 0.234 e. The van der Waals surface area contributed by atoms with Gasteiger partial charge >= 0.3 is 0 Å². The van der Waals surface area contributed by atoms with Crippen LogP contribution in [-0.2, 0) is 11.2 Å². The lowest BCUT2D eigenvalue weighted by Crippen LogP contribution is -2.15. The van der Waals surface area contributed by atoms with E-state index < -0.39 is 0 Å². The SMILES string of the molecule is N#Cc1ccc(NC(=O)CSC2=Nc3cc(Br)ccc3C2)cc1. The molecule has 0 bridgehead atoms. The van der Waals surface area contributed by atoms with Crippen molar-refractivity contribution in [2.45, 2.75) is 6.42 Å². The first kappa shape index (κ1) is 15.8. The van der Waals surface area contributed by atoms with Gasteiger partial charge in [-0.2, -0.15) is 5.26 Å². The molecule has 0 radical (unpaired) electrons. The largest absolute Gasteiger partial charge is 0.325 e. The summed E-state index contributed by atoms with van der Waals surface area (Å²) >= 11 is 4.89. The van der Waals surface area contributed by atoms with Gasteiger partial charge in [0.05, 0.1) is 28.1 Å². The Morgan fingerprint density at radius 2 is 2.09 bits per heavy atom. The lowest BCUT2D eigenvalue weighted by atomic mass is 10.2. The van der Waals surface area contributed by atoms with Gasteiger partial charge in [-0.25, -0.2) is 4.99 Å². The van der Waals surface area contributed by atoms with Crippen molar-refractivity contribution in [1.29, 1.82) is 5.26 Å². The van der Waals surface area contributed by atoms with Crippen LogP contribution in [0.3, 0.4) is 0 Å². The molecule has 0 spiro atoms. The Morgan fingerprint density at radius 3 is 2.83 bits per heavy atom. The third-order valence-electron chi connectivity index (χ3n) is 3.30. The average Bonchev–Trinajstić information content (AvgIpc) is 2.95. The van der Waals surface area contributed by atoms with Gasteiger partial charge in [0.1, 0.15) is 0 Å². The molecule has 6 heteroatoms. The topological polar surface area (TPSA) is 65.2 Å². The second-order valence-corrected chi connectivity index (χ2v) is 6.95. The second-order valence-electron chi connectivity index (χ2n) is 4.98. The smallest absolute Gasteiger partial charge is 0.234 e. The van der Waals surface area contributed by atoms with Gasteiger partial charge in [-0.05, 0) is 42.0 Å². The van der Waals surface area contributed by atoms with Crippen molar-refractivity contribution in [1.82, 2.24) is 0 Å². The second kappa shape index (κ2) is 6.99. The molecule has 0 aromatic heterocycles. The van der Waals surface area contributed by atoms with Gasteiger partial charge < -0.3 is 5.32 Å². The number of nitrogens with one attached hydrogen (secondary N) is 1. The van der Waals surface area contributed by atoms with Crippen molar-refractivity contribution in [2.75, 3.05) is 11.1 Å². The molecule has 3 rings (SSSR count). The van der Waals surface area contributed by atoms with Crippen LogP contribution in [0.1, 0.15) is 11.1 Å². The van der Waals surface area contributed by atoms with E-state index in [4.69, 9.17) is 5.26 Å². The summed E-state index contributed by atoms with van der Waals surface area (Å²) in [6.07, 6.45) is 0.775. The zero-order valence-corrected chi connectivity index (χ0v) is 14.4. The molecule has 1 heterocycles. The van der Waals surface area contributed by atoms with Gasteiger partial charge in [0.25, 0.3) is 0 Å². The molecular formula is C17H12BrN3OS. The van der Waals surface area contributed by atoms with Crippen LogP contribution in [0.2, 0.25) is 0 Å². The zero-order chi connectivity index (χ0) is 16.2. The first-order valence-corrected chi connectivity index (χ1v) is 8.71. The highest BCUT2D eigenvalue weighted by atomic mass is 79.9. The van der Waals surface area contributed by atoms with E-state index >= 15 is 0 Å². The number of fused-ring (bicyclic) bond motifs is 1. The summed E-state index contributed by atoms with van der Waals surface area (Å²) in [7, 11) is 0. The number of amides is 1. The molecule has 0 saturated heterocycles. The van der Waals surface area contributed by atoms with E-state index in [9.17, 15) is 4.79 Å². The molecule has 0 atom stereocenters. The van der Waals surface area contributed by atoms with E-state index in [1.54, 1.807) is 24.3 Å². The number of thioether (sulfide) groups is 1. The molecule has 1 aliphatic rings. The van der Waals surface area contributed by atoms with Crippen molar-refractivity contribution in [3.05, 3.63) is 58.1 Å². The minimum Gasteiger partial charge on any atom is -0.325 e. The number of nitriles is 1. The Labute approximate surface area is 146 Å². The molecule has 2 aromatic carbocycles. The predicted molar refractivity (Wildman–Crippen MR) is 97.2 cm³/mol. The number of carbonyl (C=O) groups is 1. The molecule has 0 fully saturated rings. The number of aliphatic imine (C=N–C) groups is 1. The van der Waals surface area contributed by atoms with E-state index in [0.717, 1.165) is 21.6 Å². The number of anilines is 1.